The van der Waals surface area contributed by atoms with Crippen molar-refractivity contribution in [3.63, 3.8) is 0 Å². The lowest BCUT2D eigenvalue weighted by atomic mass is 10.2. The maximum atomic E-state index is 11.9. The molecule has 0 radical (unpaired) electrons. The van der Waals surface area contributed by atoms with Crippen molar-refractivity contribution < 1.29 is 28.6 Å². The zero-order valence-electron chi connectivity index (χ0n) is 12.3. The van der Waals surface area contributed by atoms with Crippen LogP contribution >= 0.6 is 0 Å². The van der Waals surface area contributed by atoms with Gasteiger partial charge in [-0.05, 0) is 18.2 Å². The zero-order chi connectivity index (χ0) is 16.1. The molecule has 8 heteroatoms. The summed E-state index contributed by atoms with van der Waals surface area (Å²) in [7, 11) is 3.11. The fourth-order valence-corrected chi connectivity index (χ4v) is 1.61. The minimum absolute atomic E-state index is 0.118. The number of ether oxygens (including phenoxy) is 3. The highest BCUT2D eigenvalue weighted by Crippen LogP contribution is 2.32. The number of benzene rings is 1. The summed E-state index contributed by atoms with van der Waals surface area (Å²) >= 11 is 0. The summed E-state index contributed by atoms with van der Waals surface area (Å²) in [5.74, 6) is -0.432. The maximum Gasteiger partial charge on any atom is 0.325 e. The molecule has 0 aromatic heterocycles. The van der Waals surface area contributed by atoms with E-state index in [-0.39, 0.29) is 25.9 Å². The normalized spacial score (nSPS) is 11.7. The van der Waals surface area contributed by atoms with E-state index in [0.717, 1.165) is 0 Å². The molecule has 22 heavy (non-hydrogen) atoms. The van der Waals surface area contributed by atoms with Crippen molar-refractivity contribution in [1.82, 2.24) is 10.2 Å². The van der Waals surface area contributed by atoms with Crippen LogP contribution in [0.1, 0.15) is 10.4 Å². The van der Waals surface area contributed by atoms with Crippen molar-refractivity contribution in [3.8, 4) is 11.5 Å². The first-order valence-electron chi connectivity index (χ1n) is 6.51. The number of esters is 1. The van der Waals surface area contributed by atoms with Gasteiger partial charge < -0.3 is 24.4 Å². The van der Waals surface area contributed by atoms with Crippen LogP contribution < -0.4 is 14.8 Å². The fraction of sp³-hybridized carbons (Fsp3) is 0.357. The fourth-order valence-electron chi connectivity index (χ4n) is 1.61. The van der Waals surface area contributed by atoms with Gasteiger partial charge in [0.05, 0.1) is 0 Å². The maximum absolute atomic E-state index is 11.9. The Kier molecular flexibility index (Phi) is 4.82. The second-order valence-electron chi connectivity index (χ2n) is 4.70. The van der Waals surface area contributed by atoms with Gasteiger partial charge in [-0.1, -0.05) is 0 Å². The van der Waals surface area contributed by atoms with Crippen LogP contribution in [-0.2, 0) is 14.3 Å². The highest BCUT2D eigenvalue weighted by molar-refractivity contribution is 5.96. The summed E-state index contributed by atoms with van der Waals surface area (Å²) < 4.78 is 15.0. The third-order valence-electron chi connectivity index (χ3n) is 2.88. The molecule has 2 amide bonds. The highest BCUT2D eigenvalue weighted by Gasteiger charge is 2.17. The molecule has 1 heterocycles. The number of nitrogens with zero attached hydrogens (tertiary/aromatic N) is 1. The number of fused-ring (bicyclic) bond motifs is 1. The molecule has 1 aromatic rings. The summed E-state index contributed by atoms with van der Waals surface area (Å²) in [5, 5.41) is 2.41. The van der Waals surface area contributed by atoms with Gasteiger partial charge in [0.1, 0.15) is 6.54 Å². The van der Waals surface area contributed by atoms with Crippen LogP contribution in [0.5, 0.6) is 11.5 Å². The van der Waals surface area contributed by atoms with E-state index in [1.54, 1.807) is 26.2 Å². The molecule has 0 saturated carbocycles. The number of carbonyl (C=O) groups is 3. The Morgan fingerprint density at radius 1 is 1.23 bits per heavy atom. The molecule has 1 aliphatic heterocycles. The Morgan fingerprint density at radius 2 is 1.95 bits per heavy atom. The van der Waals surface area contributed by atoms with Gasteiger partial charge in [0, 0.05) is 19.7 Å². The smallest absolute Gasteiger partial charge is 0.325 e. The Morgan fingerprint density at radius 3 is 2.68 bits per heavy atom. The molecule has 1 aromatic carbocycles. The van der Waals surface area contributed by atoms with Crippen LogP contribution in [0, 0.1) is 0 Å². The third kappa shape index (κ3) is 3.87. The molecule has 118 valence electrons. The van der Waals surface area contributed by atoms with E-state index in [4.69, 9.17) is 14.2 Å². The number of nitrogens with one attached hydrogen (secondary N) is 1. The molecule has 0 atom stereocenters. The zero-order valence-corrected chi connectivity index (χ0v) is 12.3. The van der Waals surface area contributed by atoms with Gasteiger partial charge in [-0.15, -0.1) is 0 Å². The molecule has 0 aliphatic carbocycles. The number of likely N-dealkylation sites (N-methyl/N-ethyl adjacent to an activating group) is 1. The highest BCUT2D eigenvalue weighted by atomic mass is 16.7. The lowest BCUT2D eigenvalue weighted by Gasteiger charge is -2.10. The Bertz CT molecular complexity index is 599. The lowest BCUT2D eigenvalue weighted by molar-refractivity contribution is -0.150. The average Bonchev–Trinajstić information content (AvgIpc) is 2.97. The average molecular weight is 308 g/mol. The summed E-state index contributed by atoms with van der Waals surface area (Å²) in [5.41, 5.74) is 0.335. The SMILES string of the molecule is CN(C)C(=O)COC(=O)CNC(=O)c1ccc2c(c1)OCO2. The molecule has 0 fully saturated rings. The van der Waals surface area contributed by atoms with E-state index in [9.17, 15) is 14.4 Å². The second kappa shape index (κ2) is 6.79. The first-order chi connectivity index (χ1) is 10.5. The molecular weight excluding hydrogens is 292 g/mol. The minimum Gasteiger partial charge on any atom is -0.454 e. The van der Waals surface area contributed by atoms with Crippen LogP contribution in [0.3, 0.4) is 0 Å². The van der Waals surface area contributed by atoms with Crippen LogP contribution in [0.15, 0.2) is 18.2 Å². The minimum atomic E-state index is -0.690. The van der Waals surface area contributed by atoms with Gasteiger partial charge in [-0.2, -0.15) is 0 Å². The Hall–Kier alpha value is -2.77. The standard InChI is InChI=1S/C14H16N2O6/c1-16(2)12(17)7-20-13(18)6-15-14(19)9-3-4-10-11(5-9)22-8-21-10/h3-5H,6-8H2,1-2H3,(H,15,19). The van der Waals surface area contributed by atoms with Gasteiger partial charge in [0.2, 0.25) is 6.79 Å². The van der Waals surface area contributed by atoms with Crippen LogP contribution in [0.4, 0.5) is 0 Å². The van der Waals surface area contributed by atoms with E-state index in [2.05, 4.69) is 5.32 Å². The summed E-state index contributed by atoms with van der Waals surface area (Å²) in [6.07, 6.45) is 0. The van der Waals surface area contributed by atoms with Crippen molar-refractivity contribution in [2.24, 2.45) is 0 Å². The molecule has 2 rings (SSSR count). The van der Waals surface area contributed by atoms with Gasteiger partial charge in [-0.3, -0.25) is 14.4 Å². The summed E-state index contributed by atoms with van der Waals surface area (Å²) in [6.45, 7) is -0.563. The largest absolute Gasteiger partial charge is 0.454 e. The second-order valence-corrected chi connectivity index (χ2v) is 4.70. The van der Waals surface area contributed by atoms with Crippen molar-refractivity contribution >= 4 is 17.8 Å². The van der Waals surface area contributed by atoms with Crippen molar-refractivity contribution in [3.05, 3.63) is 23.8 Å². The molecule has 0 bridgehead atoms. The molecular formula is C14H16N2O6. The third-order valence-corrected chi connectivity index (χ3v) is 2.88. The number of rotatable bonds is 5. The molecule has 0 saturated heterocycles. The van der Waals surface area contributed by atoms with Crippen LogP contribution in [0.25, 0.3) is 0 Å². The van der Waals surface area contributed by atoms with Crippen molar-refractivity contribution in [1.29, 1.82) is 0 Å². The number of amides is 2. The van der Waals surface area contributed by atoms with Gasteiger partial charge in [0.15, 0.2) is 18.1 Å². The molecule has 0 unspecified atom stereocenters. The van der Waals surface area contributed by atoms with Crippen LogP contribution in [-0.4, -0.2) is 56.7 Å². The molecule has 1 N–H and O–H groups in total. The number of hydrogen-bond acceptors (Lipinski definition) is 6. The van der Waals surface area contributed by atoms with Crippen molar-refractivity contribution in [2.45, 2.75) is 0 Å². The summed E-state index contributed by atoms with van der Waals surface area (Å²) in [6, 6.07) is 4.70. The first kappa shape index (κ1) is 15.6. The quantitative estimate of drug-likeness (QED) is 0.756. The number of carbonyl (C=O) groups excluding carboxylic acids is 3. The van der Waals surface area contributed by atoms with Gasteiger partial charge in [-0.25, -0.2) is 0 Å². The Balaban J connectivity index is 1.80. The monoisotopic (exact) mass is 308 g/mol. The molecule has 8 nitrogen and oxygen atoms in total. The number of hydrogen-bond donors (Lipinski definition) is 1. The Labute approximate surface area is 126 Å². The van der Waals surface area contributed by atoms with Crippen molar-refractivity contribution in [2.75, 3.05) is 34.0 Å². The van der Waals surface area contributed by atoms with Crippen LogP contribution in [0.2, 0.25) is 0 Å². The topological polar surface area (TPSA) is 94.2 Å². The van der Waals surface area contributed by atoms with E-state index >= 15 is 0 Å². The first-order valence-corrected chi connectivity index (χ1v) is 6.51. The lowest BCUT2D eigenvalue weighted by Crippen LogP contribution is -2.33. The summed E-state index contributed by atoms with van der Waals surface area (Å²) in [4.78, 5) is 35.9. The predicted molar refractivity (Wildman–Crippen MR) is 74.6 cm³/mol. The van der Waals surface area contributed by atoms with Gasteiger partial charge >= 0.3 is 5.97 Å². The van der Waals surface area contributed by atoms with E-state index in [1.165, 1.54) is 11.0 Å². The van der Waals surface area contributed by atoms with E-state index in [0.29, 0.717) is 17.1 Å². The molecule has 1 aliphatic rings. The molecule has 0 spiro atoms. The predicted octanol–water partition coefficient (Wildman–Crippen LogP) is -0.223. The van der Waals surface area contributed by atoms with E-state index in [1.807, 2.05) is 0 Å². The van der Waals surface area contributed by atoms with E-state index < -0.39 is 11.9 Å². The van der Waals surface area contributed by atoms with Gasteiger partial charge in [0.25, 0.3) is 11.8 Å².